The number of nitrogens with zero attached hydrogens (tertiary/aromatic N) is 3. The number of furan rings is 1. The molecule has 0 fully saturated rings. The molecule has 4 heteroatoms. The predicted octanol–water partition coefficient (Wildman–Crippen LogP) is 14.5. The van der Waals surface area contributed by atoms with E-state index in [1.807, 2.05) is 24.3 Å². The van der Waals surface area contributed by atoms with E-state index in [0.29, 0.717) is 17.5 Å². The van der Waals surface area contributed by atoms with Crippen molar-refractivity contribution in [2.24, 2.45) is 0 Å². The normalized spacial score (nSPS) is 11.9. The minimum absolute atomic E-state index is 0.590. The van der Waals surface area contributed by atoms with Gasteiger partial charge in [-0.25, -0.2) is 15.0 Å². The van der Waals surface area contributed by atoms with E-state index in [4.69, 9.17) is 19.4 Å². The molecular formula is C56H35N3O. The van der Waals surface area contributed by atoms with Gasteiger partial charge < -0.3 is 4.42 Å². The van der Waals surface area contributed by atoms with E-state index in [9.17, 15) is 0 Å². The molecule has 1 aliphatic carbocycles. The summed E-state index contributed by atoms with van der Waals surface area (Å²) >= 11 is 0. The predicted molar refractivity (Wildman–Crippen MR) is 245 cm³/mol. The average Bonchev–Trinajstić information content (AvgIpc) is 3.91. The maximum absolute atomic E-state index is 6.58. The van der Waals surface area contributed by atoms with Gasteiger partial charge in [0.15, 0.2) is 17.5 Å². The van der Waals surface area contributed by atoms with Crippen LogP contribution in [0.4, 0.5) is 0 Å². The first-order chi connectivity index (χ1) is 29.7. The van der Waals surface area contributed by atoms with E-state index in [1.54, 1.807) is 0 Å². The quantitative estimate of drug-likeness (QED) is 0.169. The van der Waals surface area contributed by atoms with Crippen molar-refractivity contribution in [2.45, 2.75) is 6.42 Å². The number of fused-ring (bicyclic) bond motifs is 8. The molecule has 11 aromatic rings. The summed E-state index contributed by atoms with van der Waals surface area (Å²) in [6.45, 7) is 0. The van der Waals surface area contributed by atoms with Crippen LogP contribution in [0.5, 0.6) is 0 Å². The first-order valence-electron chi connectivity index (χ1n) is 20.4. The van der Waals surface area contributed by atoms with E-state index >= 15 is 0 Å². The number of hydrogen-bond donors (Lipinski definition) is 0. The molecule has 60 heavy (non-hydrogen) atoms. The fourth-order valence-electron chi connectivity index (χ4n) is 9.13. The Morgan fingerprint density at radius 1 is 0.333 bits per heavy atom. The van der Waals surface area contributed by atoms with Gasteiger partial charge in [-0.3, -0.25) is 0 Å². The summed E-state index contributed by atoms with van der Waals surface area (Å²) in [6.07, 6.45) is 0.854. The van der Waals surface area contributed by atoms with Crippen LogP contribution in [-0.4, -0.2) is 15.0 Å². The average molecular weight is 766 g/mol. The SMILES string of the molecule is c1ccc(-c2cc(-c3ccccc3)cc(-c3nc(-c4ccc5c(c4)Cc4c-5ccc5ccccc45)nc(-c4cccc5oc6cccc(-c7ccccc7)c6c45)n3)c2)cc1. The summed E-state index contributed by atoms with van der Waals surface area (Å²) in [7, 11) is 0. The van der Waals surface area contributed by atoms with Crippen molar-refractivity contribution >= 4 is 32.7 Å². The summed E-state index contributed by atoms with van der Waals surface area (Å²) in [5.74, 6) is 1.82. The monoisotopic (exact) mass is 765 g/mol. The van der Waals surface area contributed by atoms with Crippen LogP contribution in [0.15, 0.2) is 205 Å². The molecule has 0 saturated heterocycles. The van der Waals surface area contributed by atoms with Crippen LogP contribution in [0.25, 0.3) is 111 Å². The van der Waals surface area contributed by atoms with Crippen molar-refractivity contribution < 1.29 is 4.42 Å². The van der Waals surface area contributed by atoms with Gasteiger partial charge in [-0.15, -0.1) is 0 Å². The molecule has 0 radical (unpaired) electrons. The molecule has 0 unspecified atom stereocenters. The Balaban J connectivity index is 1.10. The second-order valence-electron chi connectivity index (χ2n) is 15.5. The zero-order valence-electron chi connectivity index (χ0n) is 32.5. The number of rotatable bonds is 6. The summed E-state index contributed by atoms with van der Waals surface area (Å²) in [5, 5.41) is 4.59. The van der Waals surface area contributed by atoms with Crippen molar-refractivity contribution in [3.8, 4) is 78.7 Å². The molecule has 9 aromatic carbocycles. The van der Waals surface area contributed by atoms with Crippen molar-refractivity contribution in [1.29, 1.82) is 0 Å². The van der Waals surface area contributed by atoms with Crippen LogP contribution in [0.2, 0.25) is 0 Å². The summed E-state index contributed by atoms with van der Waals surface area (Å²) in [5.41, 5.74) is 16.2. The lowest BCUT2D eigenvalue weighted by atomic mass is 9.95. The molecule has 0 aliphatic heterocycles. The molecule has 2 aromatic heterocycles. The molecule has 0 spiro atoms. The van der Waals surface area contributed by atoms with Gasteiger partial charge in [0.05, 0.1) is 0 Å². The summed E-state index contributed by atoms with van der Waals surface area (Å²) < 4.78 is 6.58. The Morgan fingerprint density at radius 3 is 1.58 bits per heavy atom. The lowest BCUT2D eigenvalue weighted by Crippen LogP contribution is -2.01. The van der Waals surface area contributed by atoms with Crippen LogP contribution >= 0.6 is 0 Å². The summed E-state index contributed by atoms with van der Waals surface area (Å²) in [6, 6.07) is 70.5. The molecule has 0 N–H and O–H groups in total. The highest BCUT2D eigenvalue weighted by Gasteiger charge is 2.24. The minimum Gasteiger partial charge on any atom is -0.456 e. The topological polar surface area (TPSA) is 51.8 Å². The van der Waals surface area contributed by atoms with Gasteiger partial charge >= 0.3 is 0 Å². The third-order valence-corrected chi connectivity index (χ3v) is 12.0. The van der Waals surface area contributed by atoms with E-state index in [-0.39, 0.29) is 0 Å². The van der Waals surface area contributed by atoms with Gasteiger partial charge in [-0.1, -0.05) is 164 Å². The van der Waals surface area contributed by atoms with Crippen LogP contribution in [0.1, 0.15) is 11.1 Å². The smallest absolute Gasteiger partial charge is 0.164 e. The maximum Gasteiger partial charge on any atom is 0.164 e. The van der Waals surface area contributed by atoms with Crippen molar-refractivity contribution in [3.05, 3.63) is 211 Å². The molecular weight excluding hydrogens is 731 g/mol. The Morgan fingerprint density at radius 2 is 0.883 bits per heavy atom. The highest BCUT2D eigenvalue weighted by atomic mass is 16.3. The maximum atomic E-state index is 6.58. The molecule has 280 valence electrons. The van der Waals surface area contributed by atoms with Gasteiger partial charge in [0.2, 0.25) is 0 Å². The second-order valence-corrected chi connectivity index (χ2v) is 15.5. The first kappa shape index (κ1) is 34.1. The Bertz CT molecular complexity index is 3390. The molecule has 0 saturated carbocycles. The second kappa shape index (κ2) is 13.9. The number of aromatic nitrogens is 3. The highest BCUT2D eigenvalue weighted by molar-refractivity contribution is 6.17. The first-order valence-corrected chi connectivity index (χ1v) is 20.4. The molecule has 0 bridgehead atoms. The van der Waals surface area contributed by atoms with Crippen molar-refractivity contribution in [1.82, 2.24) is 15.0 Å². The van der Waals surface area contributed by atoms with Crippen molar-refractivity contribution in [3.63, 3.8) is 0 Å². The third-order valence-electron chi connectivity index (χ3n) is 12.0. The zero-order valence-corrected chi connectivity index (χ0v) is 32.5. The third kappa shape index (κ3) is 5.72. The van der Waals surface area contributed by atoms with E-state index in [2.05, 4.69) is 176 Å². The van der Waals surface area contributed by atoms with Gasteiger partial charge in [0.25, 0.3) is 0 Å². The standard InChI is InChI=1S/C56H35N3O/c1-4-14-35(15-5-1)40-31-41(36-16-6-2-7-17-36)33-43(32-40)55-57-54(39-27-28-45-42(30-39)34-49-44-21-11-10-20-38(44)26-29-47(45)49)58-56(59-55)48-23-13-25-51-53(48)52-46(22-12-24-50(52)60-51)37-18-8-3-9-19-37/h1-33H,34H2. The Hall–Kier alpha value is -7.95. The van der Waals surface area contributed by atoms with Gasteiger partial charge in [0.1, 0.15) is 11.2 Å². The molecule has 4 nitrogen and oxygen atoms in total. The lowest BCUT2D eigenvalue weighted by Gasteiger charge is -2.13. The van der Waals surface area contributed by atoms with E-state index < -0.39 is 0 Å². The fraction of sp³-hybridized carbons (Fsp3) is 0.0179. The molecule has 0 atom stereocenters. The Labute approximate surface area is 347 Å². The molecule has 0 amide bonds. The van der Waals surface area contributed by atoms with Crippen molar-refractivity contribution in [2.75, 3.05) is 0 Å². The van der Waals surface area contributed by atoms with E-state index in [0.717, 1.165) is 78.4 Å². The zero-order chi connectivity index (χ0) is 39.6. The van der Waals surface area contributed by atoms with Gasteiger partial charge in [0, 0.05) is 27.5 Å². The van der Waals surface area contributed by atoms with Crippen LogP contribution < -0.4 is 0 Å². The largest absolute Gasteiger partial charge is 0.456 e. The van der Waals surface area contributed by atoms with Gasteiger partial charge in [-0.05, 0) is 109 Å². The van der Waals surface area contributed by atoms with Crippen LogP contribution in [-0.2, 0) is 6.42 Å². The van der Waals surface area contributed by atoms with Crippen LogP contribution in [0.3, 0.4) is 0 Å². The summed E-state index contributed by atoms with van der Waals surface area (Å²) in [4.78, 5) is 16.1. The van der Waals surface area contributed by atoms with Gasteiger partial charge in [-0.2, -0.15) is 0 Å². The Kier molecular flexibility index (Phi) is 7.88. The molecule has 1 aliphatic rings. The number of hydrogen-bond acceptors (Lipinski definition) is 4. The minimum atomic E-state index is 0.590. The molecule has 2 heterocycles. The lowest BCUT2D eigenvalue weighted by molar-refractivity contribution is 0.669. The van der Waals surface area contributed by atoms with Crippen LogP contribution in [0, 0.1) is 0 Å². The fourth-order valence-corrected chi connectivity index (χ4v) is 9.13. The van der Waals surface area contributed by atoms with E-state index in [1.165, 1.54) is 33.0 Å². The number of benzene rings is 9. The highest BCUT2D eigenvalue weighted by Crippen LogP contribution is 2.44. The molecule has 12 rings (SSSR count).